The van der Waals surface area contributed by atoms with Gasteiger partial charge in [0.1, 0.15) is 5.75 Å². The molecule has 0 saturated heterocycles. The zero-order valence-corrected chi connectivity index (χ0v) is 9.28. The van der Waals surface area contributed by atoms with Crippen LogP contribution < -0.4 is 16.2 Å². The Kier molecular flexibility index (Phi) is 5.15. The molecule has 0 heterocycles. The van der Waals surface area contributed by atoms with Crippen molar-refractivity contribution in [2.24, 2.45) is 11.5 Å². The van der Waals surface area contributed by atoms with Gasteiger partial charge in [0.2, 0.25) is 0 Å². The van der Waals surface area contributed by atoms with Gasteiger partial charge in [0.05, 0.1) is 6.61 Å². The molecule has 1 rings (SSSR count). The lowest BCUT2D eigenvalue weighted by Gasteiger charge is -2.10. The van der Waals surface area contributed by atoms with Crippen LogP contribution in [-0.2, 0) is 0 Å². The highest BCUT2D eigenvalue weighted by Gasteiger charge is 2.02. The molecule has 0 amide bonds. The largest absolute Gasteiger partial charge is 0.494 e. The molecule has 0 unspecified atom stereocenters. The van der Waals surface area contributed by atoms with Crippen LogP contribution in [-0.4, -0.2) is 13.2 Å². The monoisotopic (exact) mass is 208 g/mol. The van der Waals surface area contributed by atoms with Gasteiger partial charge in [0.25, 0.3) is 0 Å². The number of hydrogen-bond donors (Lipinski definition) is 2. The van der Waals surface area contributed by atoms with E-state index in [1.165, 1.54) is 0 Å². The molecule has 0 radical (unpaired) electrons. The number of benzene rings is 1. The van der Waals surface area contributed by atoms with E-state index in [4.69, 9.17) is 16.2 Å². The van der Waals surface area contributed by atoms with Crippen molar-refractivity contribution in [3.8, 4) is 5.75 Å². The summed E-state index contributed by atoms with van der Waals surface area (Å²) in [6.45, 7) is 3.39. The predicted octanol–water partition coefficient (Wildman–Crippen LogP) is 1.82. The summed E-state index contributed by atoms with van der Waals surface area (Å²) in [6.07, 6.45) is 2.24. The third kappa shape index (κ3) is 3.90. The Labute approximate surface area is 91.4 Å². The molecule has 0 bridgehead atoms. The minimum absolute atomic E-state index is 0.0744. The maximum atomic E-state index is 5.80. The van der Waals surface area contributed by atoms with Gasteiger partial charge in [-0.15, -0.1) is 0 Å². The number of ether oxygens (including phenoxy) is 1. The average Bonchev–Trinajstić information content (AvgIpc) is 2.29. The van der Waals surface area contributed by atoms with Crippen LogP contribution in [0.2, 0.25) is 0 Å². The SMILES string of the molecule is CCCCOc1ccc([C@@H](N)CN)cc1. The van der Waals surface area contributed by atoms with Gasteiger partial charge in [-0.25, -0.2) is 0 Å². The average molecular weight is 208 g/mol. The molecule has 0 aliphatic rings. The summed E-state index contributed by atoms with van der Waals surface area (Å²) in [5.41, 5.74) is 12.3. The highest BCUT2D eigenvalue weighted by molar-refractivity contribution is 5.29. The molecule has 0 saturated carbocycles. The van der Waals surface area contributed by atoms with Crippen molar-refractivity contribution in [1.82, 2.24) is 0 Å². The summed E-state index contributed by atoms with van der Waals surface area (Å²) in [7, 11) is 0. The van der Waals surface area contributed by atoms with Crippen LogP contribution in [0.25, 0.3) is 0 Å². The zero-order chi connectivity index (χ0) is 11.1. The second-order valence-electron chi connectivity index (χ2n) is 3.61. The first kappa shape index (κ1) is 12.0. The zero-order valence-electron chi connectivity index (χ0n) is 9.28. The van der Waals surface area contributed by atoms with Gasteiger partial charge < -0.3 is 16.2 Å². The molecule has 3 nitrogen and oxygen atoms in total. The van der Waals surface area contributed by atoms with Crippen molar-refractivity contribution >= 4 is 0 Å². The Morgan fingerprint density at radius 3 is 2.47 bits per heavy atom. The summed E-state index contributed by atoms with van der Waals surface area (Å²) < 4.78 is 5.54. The lowest BCUT2D eigenvalue weighted by Crippen LogP contribution is -2.20. The topological polar surface area (TPSA) is 61.3 Å². The molecule has 15 heavy (non-hydrogen) atoms. The second kappa shape index (κ2) is 6.43. The maximum absolute atomic E-state index is 5.80. The van der Waals surface area contributed by atoms with Crippen LogP contribution in [0.15, 0.2) is 24.3 Å². The first-order chi connectivity index (χ1) is 7.27. The molecule has 0 aliphatic carbocycles. The van der Waals surface area contributed by atoms with Crippen LogP contribution in [0.5, 0.6) is 5.75 Å². The fraction of sp³-hybridized carbons (Fsp3) is 0.500. The molecule has 0 aliphatic heterocycles. The molecule has 4 N–H and O–H groups in total. The summed E-state index contributed by atoms with van der Waals surface area (Å²) in [5, 5.41) is 0. The Morgan fingerprint density at radius 1 is 1.27 bits per heavy atom. The van der Waals surface area contributed by atoms with E-state index in [9.17, 15) is 0 Å². The summed E-state index contributed by atoms with van der Waals surface area (Å²) in [6, 6.07) is 7.76. The van der Waals surface area contributed by atoms with E-state index in [0.717, 1.165) is 30.8 Å². The molecule has 1 atom stereocenters. The Bertz CT molecular complexity index is 271. The van der Waals surface area contributed by atoms with E-state index in [-0.39, 0.29) is 6.04 Å². The summed E-state index contributed by atoms with van der Waals surface area (Å²) >= 11 is 0. The Morgan fingerprint density at radius 2 is 1.93 bits per heavy atom. The number of unbranched alkanes of at least 4 members (excludes halogenated alkanes) is 1. The molecule has 1 aromatic carbocycles. The molecular weight excluding hydrogens is 188 g/mol. The maximum Gasteiger partial charge on any atom is 0.119 e. The van der Waals surface area contributed by atoms with Crippen LogP contribution in [0, 0.1) is 0 Å². The van der Waals surface area contributed by atoms with E-state index in [1.54, 1.807) is 0 Å². The Balaban J connectivity index is 2.49. The molecule has 3 heteroatoms. The molecule has 0 fully saturated rings. The normalized spacial score (nSPS) is 12.5. The quantitative estimate of drug-likeness (QED) is 0.701. The third-order valence-corrected chi connectivity index (χ3v) is 2.33. The number of hydrogen-bond acceptors (Lipinski definition) is 3. The van der Waals surface area contributed by atoms with Crippen molar-refractivity contribution in [2.75, 3.05) is 13.2 Å². The van der Waals surface area contributed by atoms with E-state index in [2.05, 4.69) is 6.92 Å². The molecule has 84 valence electrons. The van der Waals surface area contributed by atoms with Gasteiger partial charge in [-0.2, -0.15) is 0 Å². The van der Waals surface area contributed by atoms with E-state index in [1.807, 2.05) is 24.3 Å². The summed E-state index contributed by atoms with van der Waals surface area (Å²) in [5.74, 6) is 0.899. The lowest BCUT2D eigenvalue weighted by molar-refractivity contribution is 0.309. The third-order valence-electron chi connectivity index (χ3n) is 2.33. The Hall–Kier alpha value is -1.06. The fourth-order valence-corrected chi connectivity index (χ4v) is 1.28. The fourth-order valence-electron chi connectivity index (χ4n) is 1.28. The van der Waals surface area contributed by atoms with Crippen molar-refractivity contribution < 1.29 is 4.74 Å². The van der Waals surface area contributed by atoms with E-state index in [0.29, 0.717) is 6.54 Å². The van der Waals surface area contributed by atoms with Gasteiger partial charge >= 0.3 is 0 Å². The van der Waals surface area contributed by atoms with Gasteiger partial charge in [-0.05, 0) is 24.1 Å². The van der Waals surface area contributed by atoms with Crippen molar-refractivity contribution in [1.29, 1.82) is 0 Å². The van der Waals surface area contributed by atoms with Gasteiger partial charge in [0.15, 0.2) is 0 Å². The molecule has 0 spiro atoms. The lowest BCUT2D eigenvalue weighted by atomic mass is 10.1. The highest BCUT2D eigenvalue weighted by atomic mass is 16.5. The standard InChI is InChI=1S/C12H20N2O/c1-2-3-8-15-11-6-4-10(5-7-11)12(14)9-13/h4-7,12H,2-3,8-9,13-14H2,1H3/t12-/m0/s1. The van der Waals surface area contributed by atoms with E-state index < -0.39 is 0 Å². The van der Waals surface area contributed by atoms with Crippen molar-refractivity contribution in [3.05, 3.63) is 29.8 Å². The van der Waals surface area contributed by atoms with Crippen LogP contribution in [0.1, 0.15) is 31.4 Å². The highest BCUT2D eigenvalue weighted by Crippen LogP contribution is 2.16. The molecule has 0 aromatic heterocycles. The number of nitrogens with two attached hydrogens (primary N) is 2. The molecule has 1 aromatic rings. The van der Waals surface area contributed by atoms with Crippen LogP contribution in [0.4, 0.5) is 0 Å². The minimum atomic E-state index is -0.0744. The number of rotatable bonds is 6. The minimum Gasteiger partial charge on any atom is -0.494 e. The summed E-state index contributed by atoms with van der Waals surface area (Å²) in [4.78, 5) is 0. The van der Waals surface area contributed by atoms with Crippen molar-refractivity contribution in [2.45, 2.75) is 25.8 Å². The first-order valence-electron chi connectivity index (χ1n) is 5.46. The predicted molar refractivity (Wildman–Crippen MR) is 62.8 cm³/mol. The van der Waals surface area contributed by atoms with Crippen LogP contribution in [0.3, 0.4) is 0 Å². The van der Waals surface area contributed by atoms with Gasteiger partial charge in [0, 0.05) is 12.6 Å². The van der Waals surface area contributed by atoms with Crippen LogP contribution >= 0.6 is 0 Å². The van der Waals surface area contributed by atoms with Gasteiger partial charge in [-0.1, -0.05) is 25.5 Å². The second-order valence-corrected chi connectivity index (χ2v) is 3.61. The first-order valence-corrected chi connectivity index (χ1v) is 5.46. The smallest absolute Gasteiger partial charge is 0.119 e. The van der Waals surface area contributed by atoms with E-state index >= 15 is 0 Å². The molecular formula is C12H20N2O. The van der Waals surface area contributed by atoms with Crippen molar-refractivity contribution in [3.63, 3.8) is 0 Å². The van der Waals surface area contributed by atoms with Gasteiger partial charge in [-0.3, -0.25) is 0 Å².